The van der Waals surface area contributed by atoms with Gasteiger partial charge in [0.05, 0.1) is 0 Å². The van der Waals surface area contributed by atoms with Gasteiger partial charge >= 0.3 is 58.2 Å². The van der Waals surface area contributed by atoms with Gasteiger partial charge in [-0.25, -0.2) is 0 Å². The number of aryl methyl sites for hydroxylation is 1. The molecule has 0 fully saturated rings. The summed E-state index contributed by atoms with van der Waals surface area (Å²) in [6, 6.07) is 0. The molecular weight excluding hydrogens is 210 g/mol. The molecule has 56 valence electrons. The summed E-state index contributed by atoms with van der Waals surface area (Å²) in [5, 5.41) is 8.05. The Morgan fingerprint density at radius 2 is 1.82 bits per heavy atom. The van der Waals surface area contributed by atoms with Gasteiger partial charge in [0.25, 0.3) is 0 Å². The first-order chi connectivity index (χ1) is 4.63. The predicted octanol–water partition coefficient (Wildman–Crippen LogP) is -1.22. The quantitative estimate of drug-likeness (QED) is 0.596. The van der Waals surface area contributed by atoms with E-state index in [9.17, 15) is 0 Å². The molecule has 0 aromatic carbocycles. The van der Waals surface area contributed by atoms with E-state index in [1.54, 1.807) is 0 Å². The summed E-state index contributed by atoms with van der Waals surface area (Å²) in [5.41, 5.74) is 3.44. The van der Waals surface area contributed by atoms with Crippen LogP contribution in [0.25, 0.3) is 0 Å². The molecule has 0 bridgehead atoms. The third-order valence-electron chi connectivity index (χ3n) is 1.78. The van der Waals surface area contributed by atoms with Gasteiger partial charge in [-0.05, 0) is 18.4 Å². The second-order valence-electron chi connectivity index (χ2n) is 2.95. The maximum Gasteiger partial charge on any atom is 1.00 e. The fourth-order valence-corrected chi connectivity index (χ4v) is 1.01. The van der Waals surface area contributed by atoms with Gasteiger partial charge < -0.3 is 10.2 Å². The van der Waals surface area contributed by atoms with Crippen LogP contribution in [0.2, 0.25) is 0 Å². The number of hydrogen-bond donors (Lipinski definition) is 0. The van der Waals surface area contributed by atoms with Crippen molar-refractivity contribution >= 4 is 0 Å². The zero-order chi connectivity index (χ0) is 7.72. The van der Waals surface area contributed by atoms with Crippen molar-refractivity contribution in [2.75, 3.05) is 0 Å². The first-order valence-electron chi connectivity index (χ1n) is 3.59. The van der Waals surface area contributed by atoms with E-state index in [2.05, 4.69) is 31.0 Å². The first kappa shape index (κ1) is 12.0. The molecule has 0 aliphatic heterocycles. The van der Waals surface area contributed by atoms with E-state index in [0.717, 1.165) is 11.4 Å². The van der Waals surface area contributed by atoms with Crippen molar-refractivity contribution in [1.82, 2.24) is 10.2 Å². The van der Waals surface area contributed by atoms with Gasteiger partial charge in [0.1, 0.15) is 0 Å². The predicted molar refractivity (Wildman–Crippen MR) is 41.1 cm³/mol. The van der Waals surface area contributed by atoms with Gasteiger partial charge in [0.15, 0.2) is 0 Å². The molecule has 0 N–H and O–H groups in total. The monoisotopic (exact) mass is 222 g/mol. The van der Waals surface area contributed by atoms with Crippen LogP contribution in [-0.2, 0) is 0 Å². The second kappa shape index (κ2) is 4.90. The standard InChI is InChI=1S/C8H13N2.Rb/c1-5(2)8-6(3)7(4)9-10-8;/h5H,1-4H3;/q-1;+1. The molecule has 1 aromatic rings. The number of nitrogens with zero attached hydrogens (tertiary/aromatic N) is 2. The fourth-order valence-electron chi connectivity index (χ4n) is 1.01. The Morgan fingerprint density at radius 1 is 1.27 bits per heavy atom. The second-order valence-corrected chi connectivity index (χ2v) is 2.95. The number of hydrogen-bond acceptors (Lipinski definition) is 1. The van der Waals surface area contributed by atoms with E-state index in [4.69, 9.17) is 0 Å². The zero-order valence-electron chi connectivity index (χ0n) is 7.97. The zero-order valence-corrected chi connectivity index (χ0v) is 12.9. The van der Waals surface area contributed by atoms with Crippen LogP contribution in [0.3, 0.4) is 0 Å². The van der Waals surface area contributed by atoms with Crippen LogP contribution in [0.1, 0.15) is 36.7 Å². The molecule has 0 saturated heterocycles. The summed E-state index contributed by atoms with van der Waals surface area (Å²) in [7, 11) is 0. The summed E-state index contributed by atoms with van der Waals surface area (Å²) < 4.78 is 0. The molecule has 0 unspecified atom stereocenters. The van der Waals surface area contributed by atoms with Crippen LogP contribution >= 0.6 is 0 Å². The smallest absolute Gasteiger partial charge is 0.579 e. The summed E-state index contributed by atoms with van der Waals surface area (Å²) in [6.45, 7) is 8.34. The maximum atomic E-state index is 4.06. The molecule has 1 rings (SSSR count). The molecule has 11 heavy (non-hydrogen) atoms. The van der Waals surface area contributed by atoms with Crippen molar-refractivity contribution < 1.29 is 58.2 Å². The SMILES string of the molecule is Cc1[n-]nc(C(C)C)c1C.[Rb+]. The molecule has 1 heterocycles. The van der Waals surface area contributed by atoms with Crippen molar-refractivity contribution in [3.63, 3.8) is 0 Å². The van der Waals surface area contributed by atoms with E-state index in [-0.39, 0.29) is 58.2 Å². The average Bonchev–Trinajstić information content (AvgIpc) is 2.14. The fraction of sp³-hybridized carbons (Fsp3) is 0.625. The number of rotatable bonds is 1. The Hall–Kier alpha value is 1.02. The van der Waals surface area contributed by atoms with Crippen molar-refractivity contribution in [3.05, 3.63) is 17.0 Å². The molecular formula is C8H13N2Rb. The van der Waals surface area contributed by atoms with Crippen molar-refractivity contribution in [2.24, 2.45) is 0 Å². The molecule has 0 aliphatic rings. The van der Waals surface area contributed by atoms with Crippen molar-refractivity contribution in [1.29, 1.82) is 0 Å². The largest absolute Gasteiger partial charge is 1.00 e. The third-order valence-corrected chi connectivity index (χ3v) is 1.78. The van der Waals surface area contributed by atoms with Crippen LogP contribution in [0.4, 0.5) is 0 Å². The molecule has 3 heteroatoms. The maximum absolute atomic E-state index is 4.06. The molecule has 0 aliphatic carbocycles. The van der Waals surface area contributed by atoms with E-state index in [1.807, 2.05) is 6.92 Å². The topological polar surface area (TPSA) is 27.0 Å². The Balaban J connectivity index is 0.000001000. The van der Waals surface area contributed by atoms with Gasteiger partial charge in [-0.1, -0.05) is 20.8 Å². The molecule has 1 aromatic heterocycles. The molecule has 0 amide bonds. The van der Waals surface area contributed by atoms with Gasteiger partial charge in [0, 0.05) is 5.69 Å². The Morgan fingerprint density at radius 3 is 2.00 bits per heavy atom. The number of aromatic nitrogens is 2. The van der Waals surface area contributed by atoms with Gasteiger partial charge in [-0.3, -0.25) is 0 Å². The summed E-state index contributed by atoms with van der Waals surface area (Å²) in [6.07, 6.45) is 0. The minimum absolute atomic E-state index is 0. The minimum atomic E-state index is 0. The molecule has 0 spiro atoms. The summed E-state index contributed by atoms with van der Waals surface area (Å²) >= 11 is 0. The molecule has 0 saturated carbocycles. The Bertz CT molecular complexity index is 228. The summed E-state index contributed by atoms with van der Waals surface area (Å²) in [5.74, 6) is 0.501. The van der Waals surface area contributed by atoms with Crippen LogP contribution < -0.4 is 63.3 Å². The average molecular weight is 223 g/mol. The van der Waals surface area contributed by atoms with Gasteiger partial charge in [-0.15, -0.1) is 5.69 Å². The van der Waals surface area contributed by atoms with Crippen LogP contribution in [0.5, 0.6) is 0 Å². The van der Waals surface area contributed by atoms with Crippen LogP contribution in [-0.4, -0.2) is 5.10 Å². The van der Waals surface area contributed by atoms with Crippen LogP contribution in [0, 0.1) is 13.8 Å². The summed E-state index contributed by atoms with van der Waals surface area (Å²) in [4.78, 5) is 0. The van der Waals surface area contributed by atoms with Crippen molar-refractivity contribution in [3.8, 4) is 0 Å². The van der Waals surface area contributed by atoms with Gasteiger partial charge in [0.2, 0.25) is 0 Å². The van der Waals surface area contributed by atoms with E-state index >= 15 is 0 Å². The minimum Gasteiger partial charge on any atom is -0.579 e. The van der Waals surface area contributed by atoms with E-state index < -0.39 is 0 Å². The normalized spacial score (nSPS) is 9.91. The third kappa shape index (κ3) is 2.76. The van der Waals surface area contributed by atoms with Crippen molar-refractivity contribution in [2.45, 2.75) is 33.6 Å². The molecule has 0 radical (unpaired) electrons. The van der Waals surface area contributed by atoms with Crippen LogP contribution in [0.15, 0.2) is 0 Å². The van der Waals surface area contributed by atoms with Gasteiger partial charge in [-0.2, -0.15) is 0 Å². The van der Waals surface area contributed by atoms with E-state index in [0.29, 0.717) is 5.92 Å². The molecule has 0 atom stereocenters. The Labute approximate surface area is 117 Å². The first-order valence-corrected chi connectivity index (χ1v) is 3.59. The Kier molecular flexibility index (Phi) is 5.35. The van der Waals surface area contributed by atoms with E-state index in [1.165, 1.54) is 5.56 Å². The molecule has 2 nitrogen and oxygen atoms in total.